The van der Waals surface area contributed by atoms with Gasteiger partial charge in [0.2, 0.25) is 0 Å². The van der Waals surface area contributed by atoms with Crippen LogP contribution in [0.2, 0.25) is 0 Å². The van der Waals surface area contributed by atoms with Gasteiger partial charge in [0, 0.05) is 36.7 Å². The van der Waals surface area contributed by atoms with Crippen molar-refractivity contribution in [3.63, 3.8) is 0 Å². The molecule has 2 heterocycles. The molecule has 124 valence electrons. The minimum Gasteiger partial charge on any atom is -0.267 e. The molecule has 3 rings (SSSR count). The molecule has 2 unspecified atom stereocenters. The molecule has 8 nitrogen and oxygen atoms in total. The number of hydrogen-bond donors (Lipinski definition) is 0. The van der Waals surface area contributed by atoms with Crippen molar-refractivity contribution < 1.29 is 19.2 Å². The summed E-state index contributed by atoms with van der Waals surface area (Å²) in [5, 5.41) is 9.63. The summed E-state index contributed by atoms with van der Waals surface area (Å²) < 4.78 is 0. The summed E-state index contributed by atoms with van der Waals surface area (Å²) in [5.74, 6) is -1.54. The van der Waals surface area contributed by atoms with Gasteiger partial charge in [-0.25, -0.2) is 0 Å². The Morgan fingerprint density at radius 2 is 1.12 bits per heavy atom. The smallest absolute Gasteiger partial charge is 0.267 e. The molecule has 0 spiro atoms. The summed E-state index contributed by atoms with van der Waals surface area (Å²) in [7, 11) is 0. The molecule has 1 aliphatic carbocycles. The van der Waals surface area contributed by atoms with Crippen molar-refractivity contribution in [1.29, 1.82) is 0 Å². The zero-order chi connectivity index (χ0) is 17.1. The standard InChI is InChI=1S/C16H16N4O4/c21-13-4-5-14(22)19(13)17-9-11-2-1-3-12(8-11)10-18-20-15(23)6-7-16(20)24/h4-7,9-12H,1-3,8H2. The summed E-state index contributed by atoms with van der Waals surface area (Å²) in [6, 6.07) is 0. The topological polar surface area (TPSA) is 99.5 Å². The largest absolute Gasteiger partial charge is 0.274 e. The van der Waals surface area contributed by atoms with Gasteiger partial charge in [-0.1, -0.05) is 6.42 Å². The van der Waals surface area contributed by atoms with E-state index in [-0.39, 0.29) is 11.8 Å². The lowest BCUT2D eigenvalue weighted by Gasteiger charge is -2.24. The summed E-state index contributed by atoms with van der Waals surface area (Å²) in [4.78, 5) is 45.8. The third kappa shape index (κ3) is 3.37. The lowest BCUT2D eigenvalue weighted by atomic mass is 9.83. The minimum absolute atomic E-state index is 0.111. The first-order valence-electron chi connectivity index (χ1n) is 7.75. The Balaban J connectivity index is 1.57. The monoisotopic (exact) mass is 328 g/mol. The second-order valence-electron chi connectivity index (χ2n) is 5.86. The quantitative estimate of drug-likeness (QED) is 0.557. The van der Waals surface area contributed by atoms with Crippen molar-refractivity contribution >= 4 is 36.1 Å². The van der Waals surface area contributed by atoms with Crippen molar-refractivity contribution in [2.75, 3.05) is 0 Å². The van der Waals surface area contributed by atoms with Crippen LogP contribution >= 0.6 is 0 Å². The highest BCUT2D eigenvalue weighted by molar-refractivity contribution is 6.13. The van der Waals surface area contributed by atoms with E-state index in [0.717, 1.165) is 35.7 Å². The predicted molar refractivity (Wildman–Crippen MR) is 84.4 cm³/mol. The lowest BCUT2D eigenvalue weighted by Crippen LogP contribution is -2.27. The van der Waals surface area contributed by atoms with Crippen LogP contribution < -0.4 is 0 Å². The average molecular weight is 328 g/mol. The minimum atomic E-state index is -0.441. The fourth-order valence-corrected chi connectivity index (χ4v) is 2.87. The number of carbonyl (C=O) groups is 4. The fourth-order valence-electron chi connectivity index (χ4n) is 2.87. The van der Waals surface area contributed by atoms with E-state index in [2.05, 4.69) is 10.2 Å². The number of rotatable bonds is 4. The number of hydrazone groups is 2. The van der Waals surface area contributed by atoms with Crippen LogP contribution in [0.25, 0.3) is 0 Å². The molecule has 0 radical (unpaired) electrons. The van der Waals surface area contributed by atoms with Crippen LogP contribution in [0.4, 0.5) is 0 Å². The van der Waals surface area contributed by atoms with E-state index in [1.54, 1.807) is 12.4 Å². The second-order valence-corrected chi connectivity index (χ2v) is 5.86. The highest BCUT2D eigenvalue weighted by atomic mass is 16.2. The first-order valence-corrected chi connectivity index (χ1v) is 7.75. The fraction of sp³-hybridized carbons (Fsp3) is 0.375. The molecule has 4 amide bonds. The first-order chi connectivity index (χ1) is 11.5. The summed E-state index contributed by atoms with van der Waals surface area (Å²) in [5.41, 5.74) is 0. The SMILES string of the molecule is O=C1C=CC(=O)N1N=CC1CCCC(C=NN2C(=O)C=CC2=O)C1. The molecule has 3 aliphatic rings. The van der Waals surface area contributed by atoms with Crippen LogP contribution in [-0.4, -0.2) is 46.1 Å². The predicted octanol–water partition coefficient (Wildman–Crippen LogP) is 0.614. The Bertz CT molecular complexity index is 613. The number of hydrogen-bond acceptors (Lipinski definition) is 6. The zero-order valence-corrected chi connectivity index (χ0v) is 12.9. The van der Waals surface area contributed by atoms with Crippen molar-refractivity contribution in [1.82, 2.24) is 10.0 Å². The molecule has 2 atom stereocenters. The van der Waals surface area contributed by atoms with Crippen LogP contribution in [0.5, 0.6) is 0 Å². The van der Waals surface area contributed by atoms with E-state index in [4.69, 9.17) is 0 Å². The maximum Gasteiger partial charge on any atom is 0.274 e. The van der Waals surface area contributed by atoms with Gasteiger partial charge in [0.15, 0.2) is 0 Å². The lowest BCUT2D eigenvalue weighted by molar-refractivity contribution is -0.138. The van der Waals surface area contributed by atoms with Crippen LogP contribution in [0.15, 0.2) is 34.5 Å². The molecular weight excluding hydrogens is 312 g/mol. The number of carbonyl (C=O) groups excluding carboxylic acids is 4. The highest BCUT2D eigenvalue weighted by Gasteiger charge is 2.26. The summed E-state index contributed by atoms with van der Waals surface area (Å²) >= 11 is 0. The van der Waals surface area contributed by atoms with Gasteiger partial charge in [-0.3, -0.25) is 19.2 Å². The number of nitrogens with zero attached hydrogens (tertiary/aromatic N) is 4. The van der Waals surface area contributed by atoms with E-state index in [9.17, 15) is 19.2 Å². The number of imide groups is 2. The van der Waals surface area contributed by atoms with Crippen molar-refractivity contribution in [3.05, 3.63) is 24.3 Å². The van der Waals surface area contributed by atoms with Gasteiger partial charge >= 0.3 is 0 Å². The highest BCUT2D eigenvalue weighted by Crippen LogP contribution is 2.27. The maximum atomic E-state index is 11.4. The molecule has 0 N–H and O–H groups in total. The van der Waals surface area contributed by atoms with E-state index < -0.39 is 23.6 Å². The second kappa shape index (κ2) is 6.69. The Kier molecular flexibility index (Phi) is 4.45. The van der Waals surface area contributed by atoms with Crippen molar-refractivity contribution in [2.45, 2.75) is 25.7 Å². The van der Waals surface area contributed by atoms with Gasteiger partial charge in [-0.05, 0) is 31.1 Å². The third-order valence-electron chi connectivity index (χ3n) is 4.11. The Morgan fingerprint density at radius 3 is 1.50 bits per heavy atom. The van der Waals surface area contributed by atoms with Gasteiger partial charge in [0.1, 0.15) is 0 Å². The molecule has 0 saturated heterocycles. The molecule has 0 aromatic rings. The van der Waals surface area contributed by atoms with Crippen LogP contribution in [0.1, 0.15) is 25.7 Å². The van der Waals surface area contributed by atoms with E-state index in [1.165, 1.54) is 24.3 Å². The molecule has 1 saturated carbocycles. The van der Waals surface area contributed by atoms with Gasteiger partial charge < -0.3 is 0 Å². The van der Waals surface area contributed by atoms with Gasteiger partial charge in [0.25, 0.3) is 23.6 Å². The molecule has 0 aromatic carbocycles. The van der Waals surface area contributed by atoms with Crippen LogP contribution in [0, 0.1) is 11.8 Å². The summed E-state index contributed by atoms with van der Waals surface area (Å²) in [6.45, 7) is 0. The molecule has 0 bridgehead atoms. The number of amides is 4. The molecule has 24 heavy (non-hydrogen) atoms. The maximum absolute atomic E-state index is 11.4. The van der Waals surface area contributed by atoms with Gasteiger partial charge in [-0.2, -0.15) is 20.2 Å². The van der Waals surface area contributed by atoms with Crippen molar-refractivity contribution in [2.24, 2.45) is 22.0 Å². The molecule has 2 aliphatic heterocycles. The van der Waals surface area contributed by atoms with E-state index >= 15 is 0 Å². The zero-order valence-electron chi connectivity index (χ0n) is 12.9. The first kappa shape index (κ1) is 16.0. The van der Waals surface area contributed by atoms with Crippen molar-refractivity contribution in [3.8, 4) is 0 Å². The average Bonchev–Trinajstić information content (AvgIpc) is 3.06. The van der Waals surface area contributed by atoms with E-state index in [0.29, 0.717) is 0 Å². The van der Waals surface area contributed by atoms with Gasteiger partial charge in [-0.15, -0.1) is 0 Å². The molecule has 1 fully saturated rings. The third-order valence-corrected chi connectivity index (χ3v) is 4.11. The van der Waals surface area contributed by atoms with Crippen LogP contribution in [0.3, 0.4) is 0 Å². The van der Waals surface area contributed by atoms with Crippen LogP contribution in [-0.2, 0) is 19.2 Å². The Labute approximate surface area is 138 Å². The normalized spacial score (nSPS) is 27.7. The molecule has 0 aromatic heterocycles. The Hall–Kier alpha value is -2.90. The Morgan fingerprint density at radius 1 is 0.750 bits per heavy atom. The van der Waals surface area contributed by atoms with E-state index in [1.807, 2.05) is 0 Å². The molecule has 8 heteroatoms. The molecular formula is C16H16N4O4. The summed E-state index contributed by atoms with van der Waals surface area (Å²) in [6.07, 6.45) is 11.5. The van der Waals surface area contributed by atoms with Gasteiger partial charge in [0.05, 0.1) is 0 Å².